The first-order valence-electron chi connectivity index (χ1n) is 6.16. The molecule has 0 aliphatic carbocycles. The smallest absolute Gasteiger partial charge is 0.291 e. The molecule has 6 heteroatoms. The standard InChI is InChI=1S/C12H22N4OS/c1-6-18-7-8(2)13-10(17)9-14-11(16-15-9)12(3,4)5/h8H,6-7H2,1-5H3,(H,13,17)(H,14,15,16). The van der Waals surface area contributed by atoms with Crippen LogP contribution in [0, 0.1) is 0 Å². The van der Waals surface area contributed by atoms with Crippen LogP contribution in [0.25, 0.3) is 0 Å². The van der Waals surface area contributed by atoms with Crippen LogP contribution in [0.15, 0.2) is 0 Å². The van der Waals surface area contributed by atoms with Gasteiger partial charge in [-0.05, 0) is 12.7 Å². The quantitative estimate of drug-likeness (QED) is 0.858. The Morgan fingerprint density at radius 1 is 1.50 bits per heavy atom. The SMILES string of the molecule is CCSCC(C)NC(=O)c1n[nH]c(C(C)(C)C)n1. The molecule has 0 spiro atoms. The maximum absolute atomic E-state index is 11.9. The van der Waals surface area contributed by atoms with Crippen LogP contribution in [0.1, 0.15) is 51.1 Å². The Labute approximate surface area is 113 Å². The second-order valence-corrected chi connectivity index (χ2v) is 6.61. The summed E-state index contributed by atoms with van der Waals surface area (Å²) in [5.74, 6) is 2.68. The van der Waals surface area contributed by atoms with E-state index in [1.54, 1.807) is 11.8 Å². The van der Waals surface area contributed by atoms with Gasteiger partial charge in [-0.25, -0.2) is 4.98 Å². The number of H-pyrrole nitrogens is 1. The van der Waals surface area contributed by atoms with E-state index in [2.05, 4.69) is 27.4 Å². The number of aromatic nitrogens is 3. The summed E-state index contributed by atoms with van der Waals surface area (Å²) in [6, 6.07) is 0.124. The summed E-state index contributed by atoms with van der Waals surface area (Å²) in [5, 5.41) is 9.67. The van der Waals surface area contributed by atoms with Crippen LogP contribution < -0.4 is 5.32 Å². The molecule has 0 bridgehead atoms. The van der Waals surface area contributed by atoms with E-state index < -0.39 is 0 Å². The van der Waals surface area contributed by atoms with Crippen LogP contribution in [0.4, 0.5) is 0 Å². The van der Waals surface area contributed by atoms with Crippen molar-refractivity contribution in [3.63, 3.8) is 0 Å². The van der Waals surface area contributed by atoms with Crippen molar-refractivity contribution in [3.05, 3.63) is 11.6 Å². The summed E-state index contributed by atoms with van der Waals surface area (Å²) in [6.07, 6.45) is 0. The molecule has 1 amide bonds. The van der Waals surface area contributed by atoms with Crippen molar-refractivity contribution in [2.45, 2.75) is 46.1 Å². The number of nitrogens with zero attached hydrogens (tertiary/aromatic N) is 2. The summed E-state index contributed by atoms with van der Waals surface area (Å²) in [5.41, 5.74) is -0.130. The second kappa shape index (κ2) is 6.22. The molecule has 0 aliphatic heterocycles. The van der Waals surface area contributed by atoms with Crippen LogP contribution in [-0.4, -0.2) is 38.6 Å². The lowest BCUT2D eigenvalue weighted by atomic mass is 9.96. The summed E-state index contributed by atoms with van der Waals surface area (Å²) in [4.78, 5) is 16.1. The highest BCUT2D eigenvalue weighted by Crippen LogP contribution is 2.17. The minimum atomic E-state index is -0.217. The minimum Gasteiger partial charge on any atom is -0.346 e. The number of amides is 1. The molecule has 1 aromatic rings. The first-order valence-corrected chi connectivity index (χ1v) is 7.31. The number of carbonyl (C=O) groups is 1. The zero-order valence-electron chi connectivity index (χ0n) is 11.7. The molecule has 0 saturated carbocycles. The lowest BCUT2D eigenvalue weighted by Gasteiger charge is -2.13. The lowest BCUT2D eigenvalue weighted by molar-refractivity contribution is 0.0933. The summed E-state index contributed by atoms with van der Waals surface area (Å²) >= 11 is 1.80. The van der Waals surface area contributed by atoms with Crippen molar-refractivity contribution in [1.29, 1.82) is 0 Å². The highest BCUT2D eigenvalue weighted by Gasteiger charge is 2.21. The molecule has 0 aliphatic rings. The van der Waals surface area contributed by atoms with E-state index in [4.69, 9.17) is 0 Å². The number of nitrogens with one attached hydrogen (secondary N) is 2. The second-order valence-electron chi connectivity index (χ2n) is 5.29. The van der Waals surface area contributed by atoms with Crippen LogP contribution in [0.3, 0.4) is 0 Å². The van der Waals surface area contributed by atoms with Gasteiger partial charge in [0.1, 0.15) is 5.82 Å². The fourth-order valence-corrected chi connectivity index (χ4v) is 2.00. The Hall–Kier alpha value is -1.04. The number of hydrogen-bond donors (Lipinski definition) is 2. The molecule has 1 rings (SSSR count). The molecular formula is C12H22N4OS. The van der Waals surface area contributed by atoms with Crippen LogP contribution in [0.5, 0.6) is 0 Å². The van der Waals surface area contributed by atoms with Crippen molar-refractivity contribution in [1.82, 2.24) is 20.5 Å². The molecule has 0 aromatic carbocycles. The fraction of sp³-hybridized carbons (Fsp3) is 0.750. The van der Waals surface area contributed by atoms with Gasteiger partial charge >= 0.3 is 0 Å². The Balaban J connectivity index is 2.59. The predicted molar refractivity (Wildman–Crippen MR) is 75.0 cm³/mol. The summed E-state index contributed by atoms with van der Waals surface area (Å²) in [7, 11) is 0. The molecule has 1 aromatic heterocycles. The zero-order chi connectivity index (χ0) is 13.8. The molecule has 0 fully saturated rings. The van der Waals surface area contributed by atoms with Crippen molar-refractivity contribution in [3.8, 4) is 0 Å². The van der Waals surface area contributed by atoms with Crippen molar-refractivity contribution < 1.29 is 4.79 Å². The van der Waals surface area contributed by atoms with Gasteiger partial charge in [0.25, 0.3) is 5.91 Å². The van der Waals surface area contributed by atoms with Crippen LogP contribution in [-0.2, 0) is 5.41 Å². The third kappa shape index (κ3) is 4.33. The van der Waals surface area contributed by atoms with Gasteiger partial charge in [0.2, 0.25) is 5.82 Å². The van der Waals surface area contributed by atoms with Crippen LogP contribution in [0.2, 0.25) is 0 Å². The Morgan fingerprint density at radius 3 is 2.67 bits per heavy atom. The topological polar surface area (TPSA) is 70.7 Å². The third-order valence-corrected chi connectivity index (χ3v) is 3.49. The Kier molecular flexibility index (Phi) is 5.19. The van der Waals surface area contributed by atoms with Gasteiger partial charge in [-0.2, -0.15) is 11.8 Å². The normalized spacial score (nSPS) is 13.4. The number of hydrogen-bond acceptors (Lipinski definition) is 4. The van der Waals surface area contributed by atoms with Gasteiger partial charge < -0.3 is 5.32 Å². The lowest BCUT2D eigenvalue weighted by Crippen LogP contribution is -2.35. The number of aromatic amines is 1. The van der Waals surface area contributed by atoms with E-state index in [1.807, 2.05) is 27.7 Å². The molecule has 1 atom stereocenters. The van der Waals surface area contributed by atoms with E-state index in [0.717, 1.165) is 17.3 Å². The van der Waals surface area contributed by atoms with Gasteiger partial charge in [0.15, 0.2) is 0 Å². The van der Waals surface area contributed by atoms with E-state index in [9.17, 15) is 4.79 Å². The van der Waals surface area contributed by atoms with Gasteiger partial charge in [-0.3, -0.25) is 9.89 Å². The average molecular weight is 270 g/mol. The minimum absolute atomic E-state index is 0.124. The van der Waals surface area contributed by atoms with Crippen molar-refractivity contribution >= 4 is 17.7 Å². The summed E-state index contributed by atoms with van der Waals surface area (Å²) in [6.45, 7) is 10.2. The fourth-order valence-electron chi connectivity index (χ4n) is 1.32. The summed E-state index contributed by atoms with van der Waals surface area (Å²) < 4.78 is 0. The largest absolute Gasteiger partial charge is 0.346 e. The van der Waals surface area contributed by atoms with Gasteiger partial charge in [0.05, 0.1) is 0 Å². The molecule has 1 unspecified atom stereocenters. The maximum atomic E-state index is 11.9. The highest BCUT2D eigenvalue weighted by atomic mass is 32.2. The van der Waals surface area contributed by atoms with Gasteiger partial charge in [-0.15, -0.1) is 5.10 Å². The average Bonchev–Trinajstić information content (AvgIpc) is 2.75. The molecule has 2 N–H and O–H groups in total. The van der Waals surface area contributed by atoms with Crippen molar-refractivity contribution in [2.24, 2.45) is 0 Å². The molecule has 0 saturated heterocycles. The molecule has 0 radical (unpaired) electrons. The van der Waals surface area contributed by atoms with Gasteiger partial charge in [-0.1, -0.05) is 27.7 Å². The molecule has 102 valence electrons. The molecule has 1 heterocycles. The molecule has 5 nitrogen and oxygen atoms in total. The Morgan fingerprint density at radius 2 is 2.17 bits per heavy atom. The van der Waals surface area contributed by atoms with Crippen LogP contribution >= 0.6 is 11.8 Å². The zero-order valence-corrected chi connectivity index (χ0v) is 12.5. The molecule has 18 heavy (non-hydrogen) atoms. The third-order valence-electron chi connectivity index (χ3n) is 2.35. The number of rotatable bonds is 5. The monoisotopic (exact) mass is 270 g/mol. The van der Waals surface area contributed by atoms with Crippen molar-refractivity contribution in [2.75, 3.05) is 11.5 Å². The maximum Gasteiger partial charge on any atom is 0.291 e. The number of thioether (sulfide) groups is 1. The Bertz CT molecular complexity index is 397. The van der Waals surface area contributed by atoms with E-state index in [-0.39, 0.29) is 23.2 Å². The first kappa shape index (κ1) is 15.0. The first-order chi connectivity index (χ1) is 8.34. The van der Waals surface area contributed by atoms with Gasteiger partial charge in [0, 0.05) is 17.2 Å². The predicted octanol–water partition coefficient (Wildman–Crippen LogP) is 1.97. The van der Waals surface area contributed by atoms with E-state index >= 15 is 0 Å². The van der Waals surface area contributed by atoms with E-state index in [0.29, 0.717) is 0 Å². The highest BCUT2D eigenvalue weighted by molar-refractivity contribution is 7.99. The van der Waals surface area contributed by atoms with E-state index in [1.165, 1.54) is 0 Å². The molecular weight excluding hydrogens is 248 g/mol. The number of carbonyl (C=O) groups excluding carboxylic acids is 1.